The normalized spacial score (nSPS) is 10.9. The summed E-state index contributed by atoms with van der Waals surface area (Å²) < 4.78 is 34.4. The van der Waals surface area contributed by atoms with Crippen molar-refractivity contribution < 1.29 is 23.3 Å². The highest BCUT2D eigenvalue weighted by molar-refractivity contribution is 5.82. The molecule has 0 atom stereocenters. The van der Waals surface area contributed by atoms with Crippen molar-refractivity contribution in [1.82, 2.24) is 15.0 Å². The highest BCUT2D eigenvalue weighted by atomic mass is 19.1. The second-order valence-corrected chi connectivity index (χ2v) is 5.56. The monoisotopic (exact) mass is 373 g/mol. The first-order valence-corrected chi connectivity index (χ1v) is 8.39. The van der Waals surface area contributed by atoms with Crippen molar-refractivity contribution in [2.45, 2.75) is 0 Å². The molecule has 0 unspecified atom stereocenters. The molecule has 2 aromatic heterocycles. The Morgan fingerprint density at radius 3 is 2.19 bits per heavy atom. The molecule has 2 heterocycles. The predicted molar refractivity (Wildman–Crippen MR) is 97.5 cm³/mol. The van der Waals surface area contributed by atoms with Crippen LogP contribution >= 0.6 is 0 Å². The number of aromatic nitrogens is 3. The fourth-order valence-electron chi connectivity index (χ4n) is 2.35. The molecule has 0 saturated heterocycles. The highest BCUT2D eigenvalue weighted by Crippen LogP contribution is 2.27. The van der Waals surface area contributed by atoms with E-state index < -0.39 is 0 Å². The molecule has 0 aliphatic rings. The number of benzene rings is 1. The maximum absolute atomic E-state index is 13.2. The number of fused-ring (bicyclic) bond motifs is 1. The van der Waals surface area contributed by atoms with Gasteiger partial charge >= 0.3 is 6.01 Å². The largest absolute Gasteiger partial charge is 0.474 e. The molecule has 0 saturated carbocycles. The molecule has 0 amide bonds. The lowest BCUT2D eigenvalue weighted by atomic mass is 10.1. The number of hydrogen-bond acceptors (Lipinski definition) is 7. The summed E-state index contributed by atoms with van der Waals surface area (Å²) in [5.74, 6) is -0.00209. The van der Waals surface area contributed by atoms with E-state index in [1.807, 2.05) is 0 Å². The summed E-state index contributed by atoms with van der Waals surface area (Å²) in [6.45, 7) is 1.45. The molecule has 0 radical (unpaired) electrons. The van der Waals surface area contributed by atoms with Crippen molar-refractivity contribution in [3.63, 3.8) is 0 Å². The summed E-state index contributed by atoms with van der Waals surface area (Å²) in [6.07, 6.45) is 0. The van der Waals surface area contributed by atoms with Crippen LogP contribution in [0.1, 0.15) is 0 Å². The maximum Gasteiger partial charge on any atom is 0.320 e. The van der Waals surface area contributed by atoms with Crippen molar-refractivity contribution in [2.24, 2.45) is 0 Å². The molecule has 8 heteroatoms. The van der Waals surface area contributed by atoms with Gasteiger partial charge in [-0.15, -0.1) is 0 Å². The molecule has 0 aliphatic carbocycles. The van der Waals surface area contributed by atoms with Crippen LogP contribution in [-0.2, 0) is 9.47 Å². The minimum Gasteiger partial charge on any atom is -0.474 e. The smallest absolute Gasteiger partial charge is 0.320 e. The molecule has 3 aromatic rings. The van der Waals surface area contributed by atoms with Crippen molar-refractivity contribution in [3.8, 4) is 23.1 Å². The zero-order valence-corrected chi connectivity index (χ0v) is 15.1. The SMILES string of the molecule is COCCOc1nc(OCCOC)c2nc(-c3ccc(F)cc3)ccc2n1. The summed E-state index contributed by atoms with van der Waals surface area (Å²) >= 11 is 0. The minimum atomic E-state index is -0.302. The van der Waals surface area contributed by atoms with Crippen LogP contribution in [0.5, 0.6) is 11.9 Å². The van der Waals surface area contributed by atoms with E-state index in [0.29, 0.717) is 49.0 Å². The van der Waals surface area contributed by atoms with Crippen LogP contribution in [0.3, 0.4) is 0 Å². The molecule has 1 aromatic carbocycles. The van der Waals surface area contributed by atoms with Gasteiger partial charge in [0.1, 0.15) is 24.5 Å². The van der Waals surface area contributed by atoms with E-state index in [0.717, 1.165) is 5.56 Å². The van der Waals surface area contributed by atoms with E-state index in [1.54, 1.807) is 38.5 Å². The third kappa shape index (κ3) is 4.87. The van der Waals surface area contributed by atoms with Crippen LogP contribution in [0, 0.1) is 5.82 Å². The Bertz CT molecular complexity index is 890. The molecule has 142 valence electrons. The Hall–Kier alpha value is -2.84. The standard InChI is InChI=1S/C19H20FN3O4/c1-24-9-11-26-18-17-16(22-19(23-18)27-12-10-25-2)8-7-15(21-17)13-3-5-14(20)6-4-13/h3-8H,9-12H2,1-2H3. The Labute approximate surface area is 156 Å². The third-order valence-electron chi connectivity index (χ3n) is 3.67. The third-order valence-corrected chi connectivity index (χ3v) is 3.67. The molecule has 0 aliphatic heterocycles. The molecular weight excluding hydrogens is 353 g/mol. The van der Waals surface area contributed by atoms with Gasteiger partial charge in [0, 0.05) is 19.8 Å². The van der Waals surface area contributed by atoms with Gasteiger partial charge in [0.15, 0.2) is 5.52 Å². The Balaban J connectivity index is 1.97. The first-order chi connectivity index (χ1) is 13.2. The summed E-state index contributed by atoms with van der Waals surface area (Å²) in [6, 6.07) is 9.90. The molecule has 0 N–H and O–H groups in total. The average Bonchev–Trinajstić information content (AvgIpc) is 2.69. The van der Waals surface area contributed by atoms with E-state index >= 15 is 0 Å². The molecular formula is C19H20FN3O4. The van der Waals surface area contributed by atoms with E-state index in [1.165, 1.54) is 12.1 Å². The van der Waals surface area contributed by atoms with Gasteiger partial charge in [-0.2, -0.15) is 9.97 Å². The Kier molecular flexibility index (Phi) is 6.45. The number of hydrogen-bond donors (Lipinski definition) is 0. The summed E-state index contributed by atoms with van der Waals surface area (Å²) in [5, 5.41) is 0. The number of halogens is 1. The van der Waals surface area contributed by atoms with Crippen LogP contribution < -0.4 is 9.47 Å². The van der Waals surface area contributed by atoms with Crippen molar-refractivity contribution >= 4 is 11.0 Å². The molecule has 0 spiro atoms. The van der Waals surface area contributed by atoms with Crippen molar-refractivity contribution in [3.05, 3.63) is 42.2 Å². The van der Waals surface area contributed by atoms with Gasteiger partial charge in [0.05, 0.1) is 18.9 Å². The first-order valence-electron chi connectivity index (χ1n) is 8.39. The summed E-state index contributed by atoms with van der Waals surface area (Å²) in [4.78, 5) is 13.3. The molecule has 7 nitrogen and oxygen atoms in total. The van der Waals surface area contributed by atoms with Gasteiger partial charge in [0.2, 0.25) is 5.88 Å². The molecule has 3 rings (SSSR count). The van der Waals surface area contributed by atoms with Crippen LogP contribution in [0.15, 0.2) is 36.4 Å². The van der Waals surface area contributed by atoms with E-state index in [9.17, 15) is 4.39 Å². The lowest BCUT2D eigenvalue weighted by Crippen LogP contribution is -2.10. The van der Waals surface area contributed by atoms with Gasteiger partial charge in [-0.05, 0) is 36.4 Å². The average molecular weight is 373 g/mol. The second-order valence-electron chi connectivity index (χ2n) is 5.56. The number of pyridine rings is 1. The van der Waals surface area contributed by atoms with Crippen LogP contribution in [0.2, 0.25) is 0 Å². The highest BCUT2D eigenvalue weighted by Gasteiger charge is 2.13. The van der Waals surface area contributed by atoms with Gasteiger partial charge in [-0.1, -0.05) is 0 Å². The van der Waals surface area contributed by atoms with Crippen LogP contribution in [0.25, 0.3) is 22.3 Å². The van der Waals surface area contributed by atoms with E-state index in [2.05, 4.69) is 15.0 Å². The van der Waals surface area contributed by atoms with Crippen molar-refractivity contribution in [1.29, 1.82) is 0 Å². The number of nitrogens with zero attached hydrogens (tertiary/aromatic N) is 3. The van der Waals surface area contributed by atoms with E-state index in [4.69, 9.17) is 18.9 Å². The number of rotatable bonds is 9. The van der Waals surface area contributed by atoms with Gasteiger partial charge in [0.25, 0.3) is 0 Å². The quantitative estimate of drug-likeness (QED) is 0.534. The Morgan fingerprint density at radius 1 is 0.778 bits per heavy atom. The molecule has 0 fully saturated rings. The lowest BCUT2D eigenvalue weighted by Gasteiger charge is -2.11. The van der Waals surface area contributed by atoms with E-state index in [-0.39, 0.29) is 11.8 Å². The summed E-state index contributed by atoms with van der Waals surface area (Å²) in [5.41, 5.74) is 2.51. The topological polar surface area (TPSA) is 75.6 Å². The zero-order chi connectivity index (χ0) is 19.1. The first kappa shape index (κ1) is 18.9. The molecule has 0 bridgehead atoms. The van der Waals surface area contributed by atoms with Crippen molar-refractivity contribution in [2.75, 3.05) is 40.6 Å². The summed E-state index contributed by atoms with van der Waals surface area (Å²) in [7, 11) is 3.18. The molecule has 27 heavy (non-hydrogen) atoms. The van der Waals surface area contributed by atoms with Crippen LogP contribution in [0.4, 0.5) is 4.39 Å². The second kappa shape index (κ2) is 9.20. The minimum absolute atomic E-state index is 0.184. The van der Waals surface area contributed by atoms with Gasteiger partial charge in [-0.25, -0.2) is 9.37 Å². The van der Waals surface area contributed by atoms with Gasteiger partial charge < -0.3 is 18.9 Å². The fraction of sp³-hybridized carbons (Fsp3) is 0.316. The lowest BCUT2D eigenvalue weighted by molar-refractivity contribution is 0.135. The zero-order valence-electron chi connectivity index (χ0n) is 15.1. The number of methoxy groups -OCH3 is 2. The Morgan fingerprint density at radius 2 is 1.48 bits per heavy atom. The fourth-order valence-corrected chi connectivity index (χ4v) is 2.35. The number of ether oxygens (including phenoxy) is 4. The van der Waals surface area contributed by atoms with Gasteiger partial charge in [-0.3, -0.25) is 0 Å². The predicted octanol–water partition coefficient (Wildman–Crippen LogP) is 2.88. The maximum atomic E-state index is 13.2. The van der Waals surface area contributed by atoms with Crippen LogP contribution in [-0.4, -0.2) is 55.6 Å².